The SMILES string of the molecule is COC(=O)NC1(NC(=O)OC)CCCCC1C. The van der Waals surface area contributed by atoms with E-state index in [9.17, 15) is 9.59 Å². The van der Waals surface area contributed by atoms with Gasteiger partial charge in [-0.25, -0.2) is 9.59 Å². The number of carbonyl (C=O) groups is 2. The van der Waals surface area contributed by atoms with Crippen molar-refractivity contribution in [1.82, 2.24) is 10.6 Å². The second-order valence-corrected chi connectivity index (χ2v) is 4.35. The largest absolute Gasteiger partial charge is 0.453 e. The predicted molar refractivity (Wildman–Crippen MR) is 61.4 cm³/mol. The van der Waals surface area contributed by atoms with E-state index in [2.05, 4.69) is 20.1 Å². The first-order chi connectivity index (χ1) is 8.04. The average molecular weight is 244 g/mol. The van der Waals surface area contributed by atoms with E-state index in [0.29, 0.717) is 6.42 Å². The van der Waals surface area contributed by atoms with Crippen LogP contribution in [-0.2, 0) is 9.47 Å². The zero-order chi connectivity index (χ0) is 12.9. The molecule has 0 spiro atoms. The van der Waals surface area contributed by atoms with E-state index in [4.69, 9.17) is 0 Å². The Bertz CT molecular complexity index is 275. The van der Waals surface area contributed by atoms with E-state index in [-0.39, 0.29) is 5.92 Å². The highest BCUT2D eigenvalue weighted by molar-refractivity contribution is 5.72. The van der Waals surface area contributed by atoms with Gasteiger partial charge in [0.25, 0.3) is 0 Å². The number of hydrogen-bond donors (Lipinski definition) is 2. The molecule has 6 heteroatoms. The van der Waals surface area contributed by atoms with Crippen molar-refractivity contribution >= 4 is 12.2 Å². The van der Waals surface area contributed by atoms with Gasteiger partial charge in [0, 0.05) is 0 Å². The van der Waals surface area contributed by atoms with Crippen LogP contribution in [0.3, 0.4) is 0 Å². The Morgan fingerprint density at radius 3 is 2.06 bits per heavy atom. The fourth-order valence-electron chi connectivity index (χ4n) is 2.22. The van der Waals surface area contributed by atoms with E-state index in [1.54, 1.807) is 0 Å². The predicted octanol–water partition coefficient (Wildman–Crippen LogP) is 1.60. The Morgan fingerprint density at radius 2 is 1.65 bits per heavy atom. The van der Waals surface area contributed by atoms with Crippen molar-refractivity contribution < 1.29 is 19.1 Å². The number of ether oxygens (including phenoxy) is 2. The summed E-state index contributed by atoms with van der Waals surface area (Å²) in [6.45, 7) is 1.99. The number of methoxy groups -OCH3 is 2. The molecular weight excluding hydrogens is 224 g/mol. The van der Waals surface area contributed by atoms with E-state index >= 15 is 0 Å². The summed E-state index contributed by atoms with van der Waals surface area (Å²) in [7, 11) is 2.60. The summed E-state index contributed by atoms with van der Waals surface area (Å²) in [5, 5.41) is 5.45. The highest BCUT2D eigenvalue weighted by Crippen LogP contribution is 2.31. The molecule has 0 bridgehead atoms. The Morgan fingerprint density at radius 1 is 1.12 bits per heavy atom. The maximum absolute atomic E-state index is 11.4. The monoisotopic (exact) mass is 244 g/mol. The molecule has 6 nitrogen and oxygen atoms in total. The Kier molecular flexibility index (Phi) is 4.60. The van der Waals surface area contributed by atoms with Gasteiger partial charge < -0.3 is 9.47 Å². The lowest BCUT2D eigenvalue weighted by Crippen LogP contribution is -2.65. The van der Waals surface area contributed by atoms with E-state index in [1.807, 2.05) is 6.92 Å². The van der Waals surface area contributed by atoms with Gasteiger partial charge in [-0.3, -0.25) is 10.6 Å². The summed E-state index contributed by atoms with van der Waals surface area (Å²) in [6.07, 6.45) is 2.56. The minimum atomic E-state index is -0.765. The maximum Gasteiger partial charge on any atom is 0.408 e. The van der Waals surface area contributed by atoms with Crippen molar-refractivity contribution in [2.75, 3.05) is 14.2 Å². The minimum Gasteiger partial charge on any atom is -0.453 e. The van der Waals surface area contributed by atoms with Gasteiger partial charge in [-0.15, -0.1) is 0 Å². The normalized spacial score (nSPS) is 22.4. The van der Waals surface area contributed by atoms with Crippen LogP contribution in [0.1, 0.15) is 32.6 Å². The molecule has 1 aliphatic rings. The molecule has 0 aromatic heterocycles. The first kappa shape index (κ1) is 13.6. The van der Waals surface area contributed by atoms with Crippen LogP contribution < -0.4 is 10.6 Å². The summed E-state index contributed by atoms with van der Waals surface area (Å²) < 4.78 is 9.20. The van der Waals surface area contributed by atoms with Crippen molar-refractivity contribution in [1.29, 1.82) is 0 Å². The summed E-state index contributed by atoms with van der Waals surface area (Å²) in [5.74, 6) is 0.134. The van der Waals surface area contributed by atoms with Crippen LogP contribution in [0.2, 0.25) is 0 Å². The zero-order valence-electron chi connectivity index (χ0n) is 10.5. The van der Waals surface area contributed by atoms with Crippen molar-refractivity contribution in [2.24, 2.45) is 5.92 Å². The zero-order valence-corrected chi connectivity index (χ0v) is 10.5. The molecule has 0 aromatic carbocycles. The number of alkyl carbamates (subject to hydrolysis) is 2. The maximum atomic E-state index is 11.4. The number of amides is 2. The van der Waals surface area contributed by atoms with Crippen LogP contribution in [-0.4, -0.2) is 32.1 Å². The van der Waals surface area contributed by atoms with Gasteiger partial charge in [0.1, 0.15) is 5.66 Å². The molecule has 1 unspecified atom stereocenters. The lowest BCUT2D eigenvalue weighted by molar-refractivity contribution is 0.0846. The molecule has 1 rings (SSSR count). The fraction of sp³-hybridized carbons (Fsp3) is 0.818. The van der Waals surface area contributed by atoms with Gasteiger partial charge in [0.15, 0.2) is 0 Å². The molecule has 1 atom stereocenters. The van der Waals surface area contributed by atoms with Crippen LogP contribution in [0, 0.1) is 5.92 Å². The molecule has 1 fully saturated rings. The Hall–Kier alpha value is -1.46. The fourth-order valence-corrected chi connectivity index (χ4v) is 2.22. The van der Waals surface area contributed by atoms with Gasteiger partial charge in [-0.1, -0.05) is 13.3 Å². The van der Waals surface area contributed by atoms with Crippen molar-refractivity contribution in [3.8, 4) is 0 Å². The molecule has 98 valence electrons. The molecule has 0 saturated heterocycles. The van der Waals surface area contributed by atoms with Gasteiger partial charge in [-0.2, -0.15) is 0 Å². The highest BCUT2D eigenvalue weighted by atomic mass is 16.5. The molecular formula is C11H20N2O4. The molecule has 0 aromatic rings. The Balaban J connectivity index is 2.81. The molecule has 2 amide bonds. The van der Waals surface area contributed by atoms with Gasteiger partial charge in [0.2, 0.25) is 0 Å². The van der Waals surface area contributed by atoms with Crippen LogP contribution in [0.4, 0.5) is 9.59 Å². The molecule has 1 saturated carbocycles. The summed E-state index contributed by atoms with van der Waals surface area (Å²) >= 11 is 0. The van der Waals surface area contributed by atoms with Crippen molar-refractivity contribution in [3.05, 3.63) is 0 Å². The van der Waals surface area contributed by atoms with Crippen LogP contribution in [0.5, 0.6) is 0 Å². The average Bonchev–Trinajstić information content (AvgIpc) is 2.32. The minimum absolute atomic E-state index is 0.134. The summed E-state index contributed by atoms with van der Waals surface area (Å²) in [5.41, 5.74) is -0.765. The second-order valence-electron chi connectivity index (χ2n) is 4.35. The molecule has 1 aliphatic carbocycles. The number of rotatable bonds is 2. The number of carbonyl (C=O) groups excluding carboxylic acids is 2. The second kappa shape index (κ2) is 5.75. The quantitative estimate of drug-likeness (QED) is 0.723. The number of hydrogen-bond acceptors (Lipinski definition) is 4. The first-order valence-electron chi connectivity index (χ1n) is 5.76. The summed E-state index contributed by atoms with van der Waals surface area (Å²) in [6, 6.07) is 0. The van der Waals surface area contributed by atoms with Gasteiger partial charge in [-0.05, 0) is 25.2 Å². The third-order valence-electron chi connectivity index (χ3n) is 3.32. The third kappa shape index (κ3) is 3.25. The third-order valence-corrected chi connectivity index (χ3v) is 3.32. The molecule has 0 heterocycles. The van der Waals surface area contributed by atoms with Gasteiger partial charge in [0.05, 0.1) is 14.2 Å². The highest BCUT2D eigenvalue weighted by Gasteiger charge is 2.41. The van der Waals surface area contributed by atoms with E-state index in [0.717, 1.165) is 19.3 Å². The van der Waals surface area contributed by atoms with Crippen molar-refractivity contribution in [2.45, 2.75) is 38.3 Å². The lowest BCUT2D eigenvalue weighted by atomic mass is 9.80. The molecule has 0 radical (unpaired) electrons. The van der Waals surface area contributed by atoms with Crippen molar-refractivity contribution in [3.63, 3.8) is 0 Å². The topological polar surface area (TPSA) is 76.7 Å². The van der Waals surface area contributed by atoms with Gasteiger partial charge >= 0.3 is 12.2 Å². The van der Waals surface area contributed by atoms with E-state index in [1.165, 1.54) is 14.2 Å². The standard InChI is InChI=1S/C11H20N2O4/c1-8-6-4-5-7-11(8,12-9(14)16-2)13-10(15)17-3/h8H,4-7H2,1-3H3,(H,12,14)(H,13,15). The van der Waals surface area contributed by atoms with E-state index < -0.39 is 17.8 Å². The first-order valence-corrected chi connectivity index (χ1v) is 5.76. The molecule has 17 heavy (non-hydrogen) atoms. The molecule has 2 N–H and O–H groups in total. The Labute approximate surface area is 101 Å². The van der Waals surface area contributed by atoms with Crippen LogP contribution in [0.25, 0.3) is 0 Å². The lowest BCUT2D eigenvalue weighted by Gasteiger charge is -2.42. The molecule has 0 aliphatic heterocycles. The summed E-state index contributed by atoms with van der Waals surface area (Å²) in [4.78, 5) is 22.8. The van der Waals surface area contributed by atoms with Crippen LogP contribution in [0.15, 0.2) is 0 Å². The van der Waals surface area contributed by atoms with Crippen LogP contribution >= 0.6 is 0 Å². The smallest absolute Gasteiger partial charge is 0.408 e. The number of nitrogens with one attached hydrogen (secondary N) is 2.